The molecular formula is C12H19N3O2S. The number of aryl methyl sites for hydroxylation is 1. The quantitative estimate of drug-likeness (QED) is 0.580. The zero-order valence-corrected chi connectivity index (χ0v) is 11.7. The van der Waals surface area contributed by atoms with E-state index < -0.39 is 12.0 Å². The highest BCUT2D eigenvalue weighted by Crippen LogP contribution is 2.14. The van der Waals surface area contributed by atoms with Gasteiger partial charge < -0.3 is 10.4 Å². The Bertz CT molecular complexity index is 399. The molecule has 1 aromatic heterocycles. The van der Waals surface area contributed by atoms with Gasteiger partial charge in [0.15, 0.2) is 5.16 Å². The fraction of sp³-hybridized carbons (Fsp3) is 0.583. The van der Waals surface area contributed by atoms with Gasteiger partial charge in [-0.15, -0.1) is 0 Å². The minimum atomic E-state index is -0.811. The topological polar surface area (TPSA) is 75.1 Å². The maximum Gasteiger partial charge on any atom is 0.320 e. The molecule has 0 saturated heterocycles. The van der Waals surface area contributed by atoms with Gasteiger partial charge in [-0.1, -0.05) is 25.6 Å². The Morgan fingerprint density at radius 2 is 2.28 bits per heavy atom. The number of nitrogens with zero attached hydrogens (tertiary/aromatic N) is 2. The van der Waals surface area contributed by atoms with Crippen molar-refractivity contribution in [2.24, 2.45) is 0 Å². The van der Waals surface area contributed by atoms with Crippen LogP contribution in [0.25, 0.3) is 0 Å². The lowest BCUT2D eigenvalue weighted by molar-refractivity contribution is -0.139. The Morgan fingerprint density at radius 3 is 2.83 bits per heavy atom. The lowest BCUT2D eigenvalue weighted by Crippen LogP contribution is -2.41. The highest BCUT2D eigenvalue weighted by Gasteiger charge is 2.17. The van der Waals surface area contributed by atoms with Crippen LogP contribution in [0.4, 0.5) is 0 Å². The molecule has 18 heavy (non-hydrogen) atoms. The highest BCUT2D eigenvalue weighted by molar-refractivity contribution is 7.99. The van der Waals surface area contributed by atoms with Crippen molar-refractivity contribution in [3.8, 4) is 0 Å². The predicted molar refractivity (Wildman–Crippen MR) is 71.8 cm³/mol. The van der Waals surface area contributed by atoms with Crippen LogP contribution in [0.15, 0.2) is 17.4 Å². The van der Waals surface area contributed by atoms with E-state index in [4.69, 9.17) is 5.11 Å². The van der Waals surface area contributed by atoms with Gasteiger partial charge in [0.2, 0.25) is 0 Å². The van der Waals surface area contributed by atoms with Crippen LogP contribution in [0.2, 0.25) is 0 Å². The molecule has 0 radical (unpaired) electrons. The maximum atomic E-state index is 11.0. The average Bonchev–Trinajstić information content (AvgIpc) is 2.27. The van der Waals surface area contributed by atoms with E-state index in [1.807, 2.05) is 26.8 Å². The van der Waals surface area contributed by atoms with Crippen LogP contribution in [-0.4, -0.2) is 38.9 Å². The minimum Gasteiger partial charge on any atom is -0.480 e. The molecule has 2 N–H and O–H groups in total. The molecule has 1 unspecified atom stereocenters. The highest BCUT2D eigenvalue weighted by atomic mass is 32.2. The van der Waals surface area contributed by atoms with Gasteiger partial charge in [-0.25, -0.2) is 9.97 Å². The van der Waals surface area contributed by atoms with E-state index in [1.54, 1.807) is 6.20 Å². The summed E-state index contributed by atoms with van der Waals surface area (Å²) in [5, 5.41) is 12.8. The van der Waals surface area contributed by atoms with Gasteiger partial charge in [-0.3, -0.25) is 4.79 Å². The number of hydrogen-bond acceptors (Lipinski definition) is 5. The van der Waals surface area contributed by atoms with Crippen molar-refractivity contribution in [1.29, 1.82) is 0 Å². The zero-order chi connectivity index (χ0) is 13.5. The number of carboxylic acid groups (broad SMARTS) is 1. The van der Waals surface area contributed by atoms with Crippen LogP contribution in [0.3, 0.4) is 0 Å². The first-order chi connectivity index (χ1) is 8.49. The zero-order valence-electron chi connectivity index (χ0n) is 10.9. The van der Waals surface area contributed by atoms with E-state index in [-0.39, 0.29) is 6.04 Å². The Kier molecular flexibility index (Phi) is 6.07. The smallest absolute Gasteiger partial charge is 0.320 e. The first kappa shape index (κ1) is 14.9. The van der Waals surface area contributed by atoms with Crippen molar-refractivity contribution in [2.45, 2.75) is 44.4 Å². The number of carbonyl (C=O) groups is 1. The third-order valence-corrected chi connectivity index (χ3v) is 3.14. The molecule has 0 amide bonds. The molecule has 0 aliphatic heterocycles. The summed E-state index contributed by atoms with van der Waals surface area (Å²) in [4.78, 5) is 19.4. The van der Waals surface area contributed by atoms with Crippen LogP contribution in [0.5, 0.6) is 0 Å². The predicted octanol–water partition coefficient (Wildman–Crippen LogP) is 1.72. The summed E-state index contributed by atoms with van der Waals surface area (Å²) >= 11 is 1.48. The second-order valence-corrected chi connectivity index (χ2v) is 5.39. The Morgan fingerprint density at radius 1 is 1.56 bits per heavy atom. The summed E-state index contributed by atoms with van der Waals surface area (Å²) in [5.74, 6) is -0.130. The van der Waals surface area contributed by atoms with Crippen LogP contribution < -0.4 is 5.32 Å². The van der Waals surface area contributed by atoms with E-state index in [0.717, 1.165) is 5.69 Å². The van der Waals surface area contributed by atoms with E-state index in [1.165, 1.54) is 11.8 Å². The molecule has 1 atom stereocenters. The standard InChI is InChI=1S/C12H19N3O2S/c1-8(2)14-10(11(16)17)5-7-18-12-13-6-4-9(3)15-12/h4,6,8,10,14H,5,7H2,1-3H3,(H,16,17). The third kappa shape index (κ3) is 5.46. The van der Waals surface area contributed by atoms with Crippen molar-refractivity contribution >= 4 is 17.7 Å². The molecular weight excluding hydrogens is 250 g/mol. The second-order valence-electron chi connectivity index (χ2n) is 4.33. The fourth-order valence-electron chi connectivity index (χ4n) is 1.44. The number of aliphatic carboxylic acids is 1. The molecule has 0 aliphatic rings. The number of carboxylic acids is 1. The van der Waals surface area contributed by atoms with E-state index in [0.29, 0.717) is 17.3 Å². The number of nitrogens with one attached hydrogen (secondary N) is 1. The molecule has 100 valence electrons. The van der Waals surface area contributed by atoms with Crippen LogP contribution in [0.1, 0.15) is 26.0 Å². The Hall–Kier alpha value is -1.14. The lowest BCUT2D eigenvalue weighted by atomic mass is 10.2. The van der Waals surface area contributed by atoms with Gasteiger partial charge in [0.1, 0.15) is 6.04 Å². The number of thioether (sulfide) groups is 1. The monoisotopic (exact) mass is 269 g/mol. The molecule has 1 rings (SSSR count). The summed E-state index contributed by atoms with van der Waals surface area (Å²) in [6.45, 7) is 5.78. The van der Waals surface area contributed by atoms with Gasteiger partial charge in [0.25, 0.3) is 0 Å². The van der Waals surface area contributed by atoms with Crippen molar-refractivity contribution in [3.63, 3.8) is 0 Å². The SMILES string of the molecule is Cc1ccnc(SCCC(NC(C)C)C(=O)O)n1. The summed E-state index contributed by atoms with van der Waals surface area (Å²) in [7, 11) is 0. The largest absolute Gasteiger partial charge is 0.480 e. The summed E-state index contributed by atoms with van der Waals surface area (Å²) in [6, 6.07) is 1.48. The van der Waals surface area contributed by atoms with Crippen LogP contribution in [-0.2, 0) is 4.79 Å². The van der Waals surface area contributed by atoms with Crippen LogP contribution >= 0.6 is 11.8 Å². The minimum absolute atomic E-state index is 0.159. The molecule has 1 heterocycles. The van der Waals surface area contributed by atoms with Gasteiger partial charge >= 0.3 is 5.97 Å². The van der Waals surface area contributed by atoms with E-state index in [2.05, 4.69) is 15.3 Å². The molecule has 0 saturated carbocycles. The third-order valence-electron chi connectivity index (χ3n) is 2.24. The van der Waals surface area contributed by atoms with Crippen LogP contribution in [0, 0.1) is 6.92 Å². The Balaban J connectivity index is 2.41. The van der Waals surface area contributed by atoms with Gasteiger partial charge in [0.05, 0.1) is 0 Å². The summed E-state index contributed by atoms with van der Waals surface area (Å²) < 4.78 is 0. The number of aromatic nitrogens is 2. The van der Waals surface area contributed by atoms with Crippen molar-refractivity contribution in [2.75, 3.05) is 5.75 Å². The summed E-state index contributed by atoms with van der Waals surface area (Å²) in [6.07, 6.45) is 2.27. The molecule has 0 aliphatic carbocycles. The Labute approximate surface area is 111 Å². The molecule has 5 nitrogen and oxygen atoms in total. The molecule has 1 aromatic rings. The molecule has 0 fully saturated rings. The first-order valence-electron chi connectivity index (χ1n) is 5.90. The number of hydrogen-bond donors (Lipinski definition) is 2. The normalized spacial score (nSPS) is 12.7. The van der Waals surface area contributed by atoms with Crippen molar-refractivity contribution in [3.05, 3.63) is 18.0 Å². The second kappa shape index (κ2) is 7.33. The maximum absolute atomic E-state index is 11.0. The molecule has 0 spiro atoms. The first-order valence-corrected chi connectivity index (χ1v) is 6.89. The van der Waals surface area contributed by atoms with Crippen molar-refractivity contribution < 1.29 is 9.90 Å². The lowest BCUT2D eigenvalue weighted by Gasteiger charge is -2.16. The van der Waals surface area contributed by atoms with Gasteiger partial charge in [0, 0.05) is 23.7 Å². The van der Waals surface area contributed by atoms with Gasteiger partial charge in [-0.2, -0.15) is 0 Å². The number of rotatable bonds is 7. The van der Waals surface area contributed by atoms with Gasteiger partial charge in [-0.05, 0) is 19.4 Å². The molecule has 0 aromatic carbocycles. The summed E-state index contributed by atoms with van der Waals surface area (Å²) in [5.41, 5.74) is 0.919. The molecule has 0 bridgehead atoms. The average molecular weight is 269 g/mol. The van der Waals surface area contributed by atoms with E-state index >= 15 is 0 Å². The molecule has 6 heteroatoms. The fourth-order valence-corrected chi connectivity index (χ4v) is 2.32. The van der Waals surface area contributed by atoms with Crippen molar-refractivity contribution in [1.82, 2.24) is 15.3 Å². The van der Waals surface area contributed by atoms with E-state index in [9.17, 15) is 4.79 Å².